The average molecular weight is 363 g/mol. The van der Waals surface area contributed by atoms with Crippen LogP contribution in [0.4, 0.5) is 0 Å². The highest BCUT2D eigenvalue weighted by molar-refractivity contribution is 8.14. The maximum Gasteiger partial charge on any atom is 0.261 e. The van der Waals surface area contributed by atoms with E-state index in [0.29, 0.717) is 6.42 Å². The lowest BCUT2D eigenvalue weighted by atomic mass is 10.1. The summed E-state index contributed by atoms with van der Waals surface area (Å²) in [4.78, 5) is 0.0572. The van der Waals surface area contributed by atoms with E-state index < -0.39 is 18.1 Å². The van der Waals surface area contributed by atoms with Crippen molar-refractivity contribution in [1.82, 2.24) is 0 Å². The molecule has 0 aromatic heterocycles. The van der Waals surface area contributed by atoms with Crippen molar-refractivity contribution < 1.29 is 16.8 Å². The van der Waals surface area contributed by atoms with Crippen molar-refractivity contribution in [3.05, 3.63) is 47.5 Å². The van der Waals surface area contributed by atoms with Gasteiger partial charge in [-0.2, -0.15) is 0 Å². The van der Waals surface area contributed by atoms with Crippen molar-refractivity contribution in [2.24, 2.45) is 0 Å². The number of benzene rings is 2. The Bertz CT molecular complexity index is 884. The van der Waals surface area contributed by atoms with E-state index in [9.17, 15) is 16.8 Å². The number of hydrogen-bond donors (Lipinski definition) is 0. The first-order chi connectivity index (χ1) is 9.66. The van der Waals surface area contributed by atoms with Crippen LogP contribution in [-0.4, -0.2) is 16.8 Å². The predicted molar refractivity (Wildman–Crippen MR) is 80.8 cm³/mol. The van der Waals surface area contributed by atoms with E-state index in [2.05, 4.69) is 0 Å². The summed E-state index contributed by atoms with van der Waals surface area (Å²) in [7, 11) is 3.09. The smallest absolute Gasteiger partial charge is 0.207 e. The SMILES string of the molecule is O=S(=O)(Cl)c1ccc2c(c1)Cc1cc(S(=O)(=O)Cl)ccc1-2. The van der Waals surface area contributed by atoms with E-state index in [4.69, 9.17) is 21.4 Å². The summed E-state index contributed by atoms with van der Waals surface area (Å²) in [5.41, 5.74) is 3.31. The van der Waals surface area contributed by atoms with E-state index in [1.165, 1.54) is 24.3 Å². The van der Waals surface area contributed by atoms with Gasteiger partial charge in [-0.15, -0.1) is 0 Å². The maximum atomic E-state index is 11.4. The lowest BCUT2D eigenvalue weighted by Crippen LogP contribution is -1.92. The molecule has 0 saturated heterocycles. The van der Waals surface area contributed by atoms with Crippen molar-refractivity contribution in [1.29, 1.82) is 0 Å². The lowest BCUT2D eigenvalue weighted by molar-refractivity contribution is 0.608. The normalized spacial score (nSPS) is 13.8. The van der Waals surface area contributed by atoms with Crippen LogP contribution in [0.1, 0.15) is 11.1 Å². The monoisotopic (exact) mass is 362 g/mol. The molecule has 0 spiro atoms. The van der Waals surface area contributed by atoms with Crippen LogP contribution in [0.5, 0.6) is 0 Å². The van der Waals surface area contributed by atoms with Crippen molar-refractivity contribution in [2.75, 3.05) is 0 Å². The second-order valence-electron chi connectivity index (χ2n) is 4.69. The molecule has 0 saturated carbocycles. The molecule has 3 rings (SSSR count). The minimum atomic E-state index is -3.79. The largest absolute Gasteiger partial charge is 0.261 e. The summed E-state index contributed by atoms with van der Waals surface area (Å²) < 4.78 is 45.4. The van der Waals surface area contributed by atoms with Crippen LogP contribution < -0.4 is 0 Å². The molecule has 0 aliphatic heterocycles. The van der Waals surface area contributed by atoms with Crippen LogP contribution in [-0.2, 0) is 24.5 Å². The Morgan fingerprint density at radius 2 is 1.10 bits per heavy atom. The summed E-state index contributed by atoms with van der Waals surface area (Å²) in [5, 5.41) is 0. The average Bonchev–Trinajstić information content (AvgIpc) is 2.73. The van der Waals surface area contributed by atoms with Gasteiger partial charge in [0, 0.05) is 21.4 Å². The second-order valence-corrected chi connectivity index (χ2v) is 9.82. The molecule has 0 N–H and O–H groups in total. The van der Waals surface area contributed by atoms with Crippen molar-refractivity contribution >= 4 is 39.5 Å². The van der Waals surface area contributed by atoms with Gasteiger partial charge in [-0.1, -0.05) is 12.1 Å². The van der Waals surface area contributed by atoms with Gasteiger partial charge in [0.25, 0.3) is 18.1 Å². The molecule has 4 nitrogen and oxygen atoms in total. The third-order valence-electron chi connectivity index (χ3n) is 3.39. The van der Waals surface area contributed by atoms with E-state index in [-0.39, 0.29) is 9.79 Å². The number of rotatable bonds is 2. The Kier molecular flexibility index (Phi) is 3.33. The lowest BCUT2D eigenvalue weighted by Gasteiger charge is -2.03. The highest BCUT2D eigenvalue weighted by atomic mass is 35.7. The molecule has 1 aliphatic rings. The fourth-order valence-electron chi connectivity index (χ4n) is 2.47. The molecule has 0 atom stereocenters. The summed E-state index contributed by atoms with van der Waals surface area (Å²) in [6.45, 7) is 0. The molecule has 0 unspecified atom stereocenters. The third kappa shape index (κ3) is 2.68. The third-order valence-corrected chi connectivity index (χ3v) is 6.09. The molecule has 21 heavy (non-hydrogen) atoms. The zero-order chi connectivity index (χ0) is 15.4. The molecule has 0 radical (unpaired) electrons. The fraction of sp³-hybridized carbons (Fsp3) is 0.0769. The summed E-state index contributed by atoms with van der Waals surface area (Å²) >= 11 is 0. The Labute approximate surface area is 131 Å². The maximum absolute atomic E-state index is 11.4. The van der Waals surface area contributed by atoms with Gasteiger partial charge < -0.3 is 0 Å². The Morgan fingerprint density at radius 1 is 0.714 bits per heavy atom. The van der Waals surface area contributed by atoms with Gasteiger partial charge in [-0.25, -0.2) is 16.8 Å². The van der Waals surface area contributed by atoms with Gasteiger partial charge in [0.2, 0.25) is 0 Å². The van der Waals surface area contributed by atoms with E-state index in [1.54, 1.807) is 12.1 Å². The van der Waals surface area contributed by atoms with Crippen LogP contribution >= 0.6 is 21.4 Å². The van der Waals surface area contributed by atoms with Gasteiger partial charge >= 0.3 is 0 Å². The summed E-state index contributed by atoms with van der Waals surface area (Å²) in [6, 6.07) is 9.22. The molecule has 0 fully saturated rings. The first-order valence-electron chi connectivity index (χ1n) is 5.82. The summed E-state index contributed by atoms with van der Waals surface area (Å²) in [5.74, 6) is 0. The standard InChI is InChI=1S/C13H8Cl2O4S2/c14-20(16,17)10-1-3-12-8(6-10)5-9-7-11(21(15,18)19)2-4-13(9)12/h1-4,6-7H,5H2. The van der Waals surface area contributed by atoms with Crippen molar-refractivity contribution in [3.8, 4) is 11.1 Å². The molecule has 2 aromatic rings. The predicted octanol–water partition coefficient (Wildman–Crippen LogP) is 3.11. The first kappa shape index (κ1) is 14.8. The summed E-state index contributed by atoms with van der Waals surface area (Å²) in [6.07, 6.45) is 0.436. The van der Waals surface area contributed by atoms with Gasteiger partial charge in [0.15, 0.2) is 0 Å². The molecular weight excluding hydrogens is 355 g/mol. The molecule has 0 heterocycles. The molecular formula is C13H8Cl2O4S2. The van der Waals surface area contributed by atoms with Gasteiger partial charge in [-0.3, -0.25) is 0 Å². The van der Waals surface area contributed by atoms with Crippen LogP contribution in [0.15, 0.2) is 46.2 Å². The van der Waals surface area contributed by atoms with Gasteiger partial charge in [0.05, 0.1) is 9.79 Å². The molecule has 8 heteroatoms. The first-order valence-corrected chi connectivity index (χ1v) is 10.4. The zero-order valence-corrected chi connectivity index (χ0v) is 13.5. The van der Waals surface area contributed by atoms with E-state index in [0.717, 1.165) is 22.3 Å². The highest BCUT2D eigenvalue weighted by Crippen LogP contribution is 2.39. The Balaban J connectivity index is 2.14. The Morgan fingerprint density at radius 3 is 1.43 bits per heavy atom. The number of hydrogen-bond acceptors (Lipinski definition) is 4. The van der Waals surface area contributed by atoms with Gasteiger partial charge in [0.1, 0.15) is 0 Å². The molecule has 0 amide bonds. The molecule has 110 valence electrons. The van der Waals surface area contributed by atoms with Gasteiger partial charge in [-0.05, 0) is 52.9 Å². The molecule has 0 bridgehead atoms. The van der Waals surface area contributed by atoms with E-state index in [1.807, 2.05) is 0 Å². The van der Waals surface area contributed by atoms with E-state index >= 15 is 0 Å². The molecule has 1 aliphatic carbocycles. The minimum Gasteiger partial charge on any atom is -0.207 e. The number of fused-ring (bicyclic) bond motifs is 3. The second kappa shape index (κ2) is 4.71. The van der Waals surface area contributed by atoms with Crippen LogP contribution in [0.25, 0.3) is 11.1 Å². The minimum absolute atomic E-state index is 0.0286. The zero-order valence-electron chi connectivity index (χ0n) is 10.4. The topological polar surface area (TPSA) is 68.3 Å². The van der Waals surface area contributed by atoms with Crippen molar-refractivity contribution in [3.63, 3.8) is 0 Å². The quantitative estimate of drug-likeness (QED) is 0.656. The molecule has 2 aromatic carbocycles. The number of halogens is 2. The van der Waals surface area contributed by atoms with Crippen LogP contribution in [0, 0.1) is 0 Å². The van der Waals surface area contributed by atoms with Crippen LogP contribution in [0.3, 0.4) is 0 Å². The highest BCUT2D eigenvalue weighted by Gasteiger charge is 2.23. The van der Waals surface area contributed by atoms with Crippen molar-refractivity contribution in [2.45, 2.75) is 16.2 Å². The Hall–Kier alpha value is -1.08. The van der Waals surface area contributed by atoms with Crippen LogP contribution in [0.2, 0.25) is 0 Å². The fourth-order valence-corrected chi connectivity index (χ4v) is 4.07.